The van der Waals surface area contributed by atoms with Crippen molar-refractivity contribution in [1.82, 2.24) is 4.98 Å². The largest absolute Gasteiger partial charge is 0.497 e. The van der Waals surface area contributed by atoms with Crippen LogP contribution in [0.2, 0.25) is 0 Å². The highest BCUT2D eigenvalue weighted by molar-refractivity contribution is 5.84. The summed E-state index contributed by atoms with van der Waals surface area (Å²) in [5.41, 5.74) is 2.42. The molecule has 0 fully saturated rings. The molecule has 0 saturated heterocycles. The molecule has 0 radical (unpaired) electrons. The molecule has 2 aromatic rings. The van der Waals surface area contributed by atoms with E-state index in [2.05, 4.69) is 10.4 Å². The SMILES string of the molecule is COc1ccc2cc(NN)c(C(F)F)nc2c1. The molecule has 4 nitrogen and oxygen atoms in total. The normalized spacial score (nSPS) is 10.9. The second-order valence-electron chi connectivity index (χ2n) is 3.42. The van der Waals surface area contributed by atoms with E-state index in [1.54, 1.807) is 18.2 Å². The van der Waals surface area contributed by atoms with E-state index in [9.17, 15) is 8.78 Å². The van der Waals surface area contributed by atoms with Gasteiger partial charge in [0, 0.05) is 11.5 Å². The molecule has 0 aliphatic rings. The van der Waals surface area contributed by atoms with Gasteiger partial charge in [0.05, 0.1) is 18.3 Å². The quantitative estimate of drug-likeness (QED) is 0.638. The van der Waals surface area contributed by atoms with Crippen molar-refractivity contribution in [3.05, 3.63) is 30.0 Å². The molecule has 0 bridgehead atoms. The highest BCUT2D eigenvalue weighted by Crippen LogP contribution is 2.29. The molecular formula is C11H11F2N3O. The molecule has 2 rings (SSSR count). The molecule has 0 unspecified atom stereocenters. The average molecular weight is 239 g/mol. The minimum absolute atomic E-state index is 0.123. The summed E-state index contributed by atoms with van der Waals surface area (Å²) in [6.45, 7) is 0. The first-order chi connectivity index (χ1) is 8.15. The Labute approximate surface area is 96.4 Å². The summed E-state index contributed by atoms with van der Waals surface area (Å²) < 4.78 is 30.5. The molecule has 1 aromatic heterocycles. The molecule has 0 amide bonds. The number of nitrogen functional groups attached to an aromatic ring is 1. The predicted octanol–water partition coefficient (Wildman–Crippen LogP) is 2.47. The number of aromatic nitrogens is 1. The highest BCUT2D eigenvalue weighted by atomic mass is 19.3. The Morgan fingerprint density at radius 3 is 2.71 bits per heavy atom. The first-order valence-corrected chi connectivity index (χ1v) is 4.89. The number of alkyl halides is 2. The third-order valence-electron chi connectivity index (χ3n) is 2.42. The molecule has 0 aliphatic heterocycles. The van der Waals surface area contributed by atoms with Crippen LogP contribution < -0.4 is 16.0 Å². The first-order valence-electron chi connectivity index (χ1n) is 4.89. The number of nitrogens with one attached hydrogen (secondary N) is 1. The maximum absolute atomic E-state index is 12.7. The number of halogens is 2. The number of hydrogen-bond donors (Lipinski definition) is 2. The van der Waals surface area contributed by atoms with Crippen LogP contribution in [0.1, 0.15) is 12.1 Å². The van der Waals surface area contributed by atoms with Gasteiger partial charge in [0.1, 0.15) is 11.4 Å². The zero-order valence-electron chi connectivity index (χ0n) is 9.08. The topological polar surface area (TPSA) is 60.2 Å². The van der Waals surface area contributed by atoms with E-state index in [1.165, 1.54) is 13.2 Å². The van der Waals surface area contributed by atoms with Gasteiger partial charge < -0.3 is 10.2 Å². The van der Waals surface area contributed by atoms with Crippen LogP contribution in [-0.4, -0.2) is 12.1 Å². The van der Waals surface area contributed by atoms with Crippen LogP contribution in [0.4, 0.5) is 14.5 Å². The summed E-state index contributed by atoms with van der Waals surface area (Å²) >= 11 is 0. The van der Waals surface area contributed by atoms with Gasteiger partial charge in [0.15, 0.2) is 0 Å². The number of methoxy groups -OCH3 is 1. The number of ether oxygens (including phenoxy) is 1. The van der Waals surface area contributed by atoms with Crippen molar-refractivity contribution in [1.29, 1.82) is 0 Å². The summed E-state index contributed by atoms with van der Waals surface area (Å²) in [6.07, 6.45) is -2.68. The third-order valence-corrected chi connectivity index (χ3v) is 2.42. The lowest BCUT2D eigenvalue weighted by Gasteiger charge is -2.09. The summed E-state index contributed by atoms with van der Waals surface area (Å²) in [5.74, 6) is 5.76. The predicted molar refractivity (Wildman–Crippen MR) is 61.1 cm³/mol. The van der Waals surface area contributed by atoms with E-state index in [4.69, 9.17) is 10.6 Å². The Kier molecular flexibility index (Phi) is 3.06. The molecule has 0 spiro atoms. The van der Waals surface area contributed by atoms with Crippen molar-refractivity contribution in [2.24, 2.45) is 5.84 Å². The van der Waals surface area contributed by atoms with Crippen molar-refractivity contribution in [2.45, 2.75) is 6.43 Å². The van der Waals surface area contributed by atoms with Crippen molar-refractivity contribution in [3.63, 3.8) is 0 Å². The Bertz CT molecular complexity index is 545. The fourth-order valence-corrected chi connectivity index (χ4v) is 1.57. The van der Waals surface area contributed by atoms with Crippen LogP contribution >= 0.6 is 0 Å². The Morgan fingerprint density at radius 2 is 2.12 bits per heavy atom. The summed E-state index contributed by atoms with van der Waals surface area (Å²) in [7, 11) is 1.50. The van der Waals surface area contributed by atoms with E-state index < -0.39 is 6.43 Å². The Balaban J connectivity index is 2.65. The molecule has 6 heteroatoms. The average Bonchev–Trinajstić information content (AvgIpc) is 2.36. The zero-order chi connectivity index (χ0) is 12.4. The molecular weight excluding hydrogens is 228 g/mol. The number of nitrogens with two attached hydrogens (primary N) is 1. The number of nitrogens with zero attached hydrogens (tertiary/aromatic N) is 1. The van der Waals surface area contributed by atoms with E-state index in [-0.39, 0.29) is 11.4 Å². The van der Waals surface area contributed by atoms with Crippen LogP contribution in [0.3, 0.4) is 0 Å². The first kappa shape index (κ1) is 11.5. The van der Waals surface area contributed by atoms with Crippen molar-refractivity contribution in [2.75, 3.05) is 12.5 Å². The fraction of sp³-hybridized carbons (Fsp3) is 0.182. The summed E-state index contributed by atoms with van der Waals surface area (Å²) in [4.78, 5) is 3.88. The van der Waals surface area contributed by atoms with E-state index in [0.29, 0.717) is 16.7 Å². The molecule has 17 heavy (non-hydrogen) atoms. The lowest BCUT2D eigenvalue weighted by molar-refractivity contribution is 0.147. The second kappa shape index (κ2) is 4.50. The van der Waals surface area contributed by atoms with Gasteiger partial charge in [0.2, 0.25) is 0 Å². The Hall–Kier alpha value is -1.95. The number of anilines is 1. The minimum Gasteiger partial charge on any atom is -0.497 e. The number of benzene rings is 1. The smallest absolute Gasteiger partial charge is 0.282 e. The third kappa shape index (κ3) is 2.12. The van der Waals surface area contributed by atoms with Crippen molar-refractivity contribution >= 4 is 16.6 Å². The molecule has 0 atom stereocenters. The summed E-state index contributed by atoms with van der Waals surface area (Å²) in [6, 6.07) is 6.59. The van der Waals surface area contributed by atoms with Gasteiger partial charge in [-0.1, -0.05) is 0 Å². The van der Waals surface area contributed by atoms with Gasteiger partial charge in [0.25, 0.3) is 6.43 Å². The summed E-state index contributed by atoms with van der Waals surface area (Å²) in [5, 5.41) is 0.711. The molecule has 90 valence electrons. The van der Waals surface area contributed by atoms with Gasteiger partial charge in [-0.2, -0.15) is 0 Å². The van der Waals surface area contributed by atoms with Crippen LogP contribution in [0.5, 0.6) is 5.75 Å². The van der Waals surface area contributed by atoms with E-state index in [0.717, 1.165) is 0 Å². The lowest BCUT2D eigenvalue weighted by atomic mass is 10.1. The number of fused-ring (bicyclic) bond motifs is 1. The maximum atomic E-state index is 12.7. The fourth-order valence-electron chi connectivity index (χ4n) is 1.57. The molecule has 0 aliphatic carbocycles. The van der Waals surface area contributed by atoms with Gasteiger partial charge in [-0.05, 0) is 18.2 Å². The minimum atomic E-state index is -2.68. The van der Waals surface area contributed by atoms with Gasteiger partial charge in [-0.3, -0.25) is 5.84 Å². The van der Waals surface area contributed by atoms with E-state index >= 15 is 0 Å². The van der Waals surface area contributed by atoms with Gasteiger partial charge >= 0.3 is 0 Å². The molecule has 1 heterocycles. The second-order valence-corrected chi connectivity index (χ2v) is 3.42. The zero-order valence-corrected chi connectivity index (χ0v) is 9.08. The van der Waals surface area contributed by atoms with Gasteiger partial charge in [-0.25, -0.2) is 13.8 Å². The van der Waals surface area contributed by atoms with Crippen molar-refractivity contribution < 1.29 is 13.5 Å². The molecule has 1 aromatic carbocycles. The van der Waals surface area contributed by atoms with Crippen LogP contribution in [0.25, 0.3) is 10.9 Å². The highest BCUT2D eigenvalue weighted by Gasteiger charge is 2.15. The number of pyridine rings is 1. The lowest BCUT2D eigenvalue weighted by Crippen LogP contribution is -2.10. The number of hydrogen-bond acceptors (Lipinski definition) is 4. The number of hydrazine groups is 1. The molecule has 3 N–H and O–H groups in total. The van der Waals surface area contributed by atoms with Gasteiger partial charge in [-0.15, -0.1) is 0 Å². The molecule has 0 saturated carbocycles. The monoisotopic (exact) mass is 239 g/mol. The van der Waals surface area contributed by atoms with Crippen LogP contribution in [0.15, 0.2) is 24.3 Å². The number of rotatable bonds is 3. The van der Waals surface area contributed by atoms with Crippen molar-refractivity contribution in [3.8, 4) is 5.75 Å². The van der Waals surface area contributed by atoms with E-state index in [1.807, 2.05) is 0 Å². The van der Waals surface area contributed by atoms with Crippen LogP contribution in [-0.2, 0) is 0 Å². The Morgan fingerprint density at radius 1 is 1.35 bits per heavy atom. The standard InChI is InChI=1S/C11H11F2N3O/c1-17-7-3-2-6-4-9(16-14)10(11(12)13)15-8(6)5-7/h2-5,11,16H,14H2,1H3. The maximum Gasteiger partial charge on any atom is 0.282 e. The van der Waals surface area contributed by atoms with Crippen LogP contribution in [0, 0.1) is 0 Å².